The number of fused-ring (bicyclic) bond motifs is 1. The Bertz CT molecular complexity index is 1120. The predicted molar refractivity (Wildman–Crippen MR) is 125 cm³/mol. The van der Waals surface area contributed by atoms with Crippen LogP contribution in [0.2, 0.25) is 10.0 Å². The Morgan fingerprint density at radius 2 is 1.59 bits per heavy atom. The Balaban J connectivity index is 1.27. The fourth-order valence-electron chi connectivity index (χ4n) is 3.02. The predicted octanol–water partition coefficient (Wildman–Crippen LogP) is 4.82. The molecule has 3 N–H and O–H groups in total. The van der Waals surface area contributed by atoms with Crippen LogP contribution in [0.5, 0.6) is 11.5 Å². The van der Waals surface area contributed by atoms with Gasteiger partial charge in [0.05, 0.1) is 12.2 Å². The van der Waals surface area contributed by atoms with Crippen LogP contribution < -0.4 is 25.4 Å². The molecule has 0 saturated heterocycles. The van der Waals surface area contributed by atoms with Crippen LogP contribution in [0, 0.1) is 0 Å². The number of nitrogens with one attached hydrogen (secondary N) is 3. The van der Waals surface area contributed by atoms with Gasteiger partial charge in [0.25, 0.3) is 11.8 Å². The van der Waals surface area contributed by atoms with Gasteiger partial charge in [-0.25, -0.2) is 0 Å². The van der Waals surface area contributed by atoms with Gasteiger partial charge < -0.3 is 25.4 Å². The number of hydrogen-bond acceptors (Lipinski definition) is 5. The maximum atomic E-state index is 12.6. The molecule has 0 saturated carbocycles. The summed E-state index contributed by atoms with van der Waals surface area (Å²) >= 11 is 11.8. The van der Waals surface area contributed by atoms with Crippen LogP contribution in [0.1, 0.15) is 0 Å². The fourth-order valence-corrected chi connectivity index (χ4v) is 3.32. The molecule has 3 aromatic rings. The van der Waals surface area contributed by atoms with E-state index in [2.05, 4.69) is 16.0 Å². The van der Waals surface area contributed by atoms with Gasteiger partial charge in [0.2, 0.25) is 0 Å². The number of carbonyl (C=O) groups excluding carboxylic acids is 2. The maximum absolute atomic E-state index is 12.6. The molecule has 9 heteroatoms. The van der Waals surface area contributed by atoms with Gasteiger partial charge in [-0.15, -0.1) is 0 Å². The number of halogens is 2. The second-order valence-electron chi connectivity index (χ2n) is 6.99. The first-order chi connectivity index (χ1) is 15.5. The Hall–Kier alpha value is -3.42. The number of amides is 2. The summed E-state index contributed by atoms with van der Waals surface area (Å²) in [6.07, 6.45) is -0.687. The fraction of sp³-hybridized carbons (Fsp3) is 0.130. The molecule has 0 spiro atoms. The molecule has 1 aliphatic heterocycles. The summed E-state index contributed by atoms with van der Waals surface area (Å²) in [6, 6.07) is 18.7. The van der Waals surface area contributed by atoms with Crippen LogP contribution >= 0.6 is 23.2 Å². The standard InChI is InChI=1S/C23H19Cl2N3O4/c24-14-1-8-18(9-2-14)31-13-22(29)27-16-4-6-17(7-5-16)28-23(30)21-12-26-19-11-15(25)3-10-20(19)32-21/h1-11,21,26H,12-13H2,(H,27,29)(H,28,30). The van der Waals surface area contributed by atoms with E-state index >= 15 is 0 Å². The summed E-state index contributed by atoms with van der Waals surface area (Å²) in [5.41, 5.74) is 1.91. The number of carbonyl (C=O) groups is 2. The molecule has 2 amide bonds. The molecule has 32 heavy (non-hydrogen) atoms. The van der Waals surface area contributed by atoms with E-state index in [4.69, 9.17) is 32.7 Å². The van der Waals surface area contributed by atoms with Crippen LogP contribution in [0.15, 0.2) is 66.7 Å². The number of rotatable bonds is 6. The van der Waals surface area contributed by atoms with Crippen molar-refractivity contribution in [3.63, 3.8) is 0 Å². The number of hydrogen-bond donors (Lipinski definition) is 3. The molecule has 0 radical (unpaired) electrons. The lowest BCUT2D eigenvalue weighted by Crippen LogP contribution is -2.41. The molecule has 0 fully saturated rings. The molecule has 0 bridgehead atoms. The zero-order chi connectivity index (χ0) is 22.5. The third-order valence-electron chi connectivity index (χ3n) is 4.60. The first-order valence-corrected chi connectivity index (χ1v) is 10.5. The van der Waals surface area contributed by atoms with Crippen molar-refractivity contribution < 1.29 is 19.1 Å². The SMILES string of the molecule is O=C(COc1ccc(Cl)cc1)Nc1ccc(NC(=O)C2CNc3cc(Cl)ccc3O2)cc1. The van der Waals surface area contributed by atoms with E-state index in [0.29, 0.717) is 39.5 Å². The van der Waals surface area contributed by atoms with E-state index < -0.39 is 6.10 Å². The van der Waals surface area contributed by atoms with Crippen molar-refractivity contribution in [3.8, 4) is 11.5 Å². The Morgan fingerprint density at radius 1 is 0.938 bits per heavy atom. The van der Waals surface area contributed by atoms with Gasteiger partial charge in [-0.1, -0.05) is 23.2 Å². The van der Waals surface area contributed by atoms with E-state index in [1.54, 1.807) is 66.7 Å². The Morgan fingerprint density at radius 3 is 2.31 bits per heavy atom. The van der Waals surface area contributed by atoms with E-state index in [-0.39, 0.29) is 18.4 Å². The highest BCUT2D eigenvalue weighted by Crippen LogP contribution is 2.31. The summed E-state index contributed by atoms with van der Waals surface area (Å²) in [5.74, 6) is 0.524. The van der Waals surface area contributed by atoms with Crippen molar-refractivity contribution in [2.75, 3.05) is 29.1 Å². The van der Waals surface area contributed by atoms with Crippen molar-refractivity contribution in [2.45, 2.75) is 6.10 Å². The quantitative estimate of drug-likeness (QED) is 0.479. The van der Waals surface area contributed by atoms with Gasteiger partial charge in [0.15, 0.2) is 12.7 Å². The van der Waals surface area contributed by atoms with E-state index in [9.17, 15) is 9.59 Å². The number of anilines is 3. The van der Waals surface area contributed by atoms with Crippen molar-refractivity contribution in [2.24, 2.45) is 0 Å². The van der Waals surface area contributed by atoms with Crippen LogP contribution in [0.25, 0.3) is 0 Å². The van der Waals surface area contributed by atoms with Gasteiger partial charge >= 0.3 is 0 Å². The summed E-state index contributed by atoms with van der Waals surface area (Å²) in [5, 5.41) is 9.87. The van der Waals surface area contributed by atoms with Gasteiger partial charge in [-0.3, -0.25) is 9.59 Å². The van der Waals surface area contributed by atoms with Gasteiger partial charge in [-0.2, -0.15) is 0 Å². The summed E-state index contributed by atoms with van der Waals surface area (Å²) in [6.45, 7) is 0.180. The highest BCUT2D eigenvalue weighted by atomic mass is 35.5. The Labute approximate surface area is 194 Å². The minimum atomic E-state index is -0.687. The average Bonchev–Trinajstić information content (AvgIpc) is 2.79. The smallest absolute Gasteiger partial charge is 0.267 e. The van der Waals surface area contributed by atoms with Crippen LogP contribution in [0.4, 0.5) is 17.1 Å². The zero-order valence-electron chi connectivity index (χ0n) is 16.7. The number of benzene rings is 3. The first-order valence-electron chi connectivity index (χ1n) is 9.75. The van der Waals surface area contributed by atoms with Gasteiger partial charge in [0.1, 0.15) is 11.5 Å². The lowest BCUT2D eigenvalue weighted by molar-refractivity contribution is -0.122. The molecule has 1 atom stereocenters. The molecule has 4 rings (SSSR count). The van der Waals surface area contributed by atoms with Crippen molar-refractivity contribution in [1.82, 2.24) is 0 Å². The van der Waals surface area contributed by atoms with Crippen LogP contribution in [0.3, 0.4) is 0 Å². The normalized spacial score (nSPS) is 14.4. The molecular formula is C23H19Cl2N3O4. The summed E-state index contributed by atoms with van der Waals surface area (Å²) in [4.78, 5) is 24.6. The molecule has 0 aromatic heterocycles. The molecule has 7 nitrogen and oxygen atoms in total. The largest absolute Gasteiger partial charge is 0.484 e. The van der Waals surface area contributed by atoms with Crippen LogP contribution in [-0.2, 0) is 9.59 Å². The highest BCUT2D eigenvalue weighted by Gasteiger charge is 2.26. The molecule has 164 valence electrons. The van der Waals surface area contributed by atoms with Crippen LogP contribution in [-0.4, -0.2) is 31.1 Å². The average molecular weight is 472 g/mol. The summed E-state index contributed by atoms with van der Waals surface area (Å²) in [7, 11) is 0. The molecule has 1 unspecified atom stereocenters. The second kappa shape index (κ2) is 9.80. The van der Waals surface area contributed by atoms with E-state index in [0.717, 1.165) is 5.69 Å². The monoisotopic (exact) mass is 471 g/mol. The van der Waals surface area contributed by atoms with E-state index in [1.807, 2.05) is 0 Å². The van der Waals surface area contributed by atoms with Crippen molar-refractivity contribution in [3.05, 3.63) is 76.8 Å². The molecular weight excluding hydrogens is 453 g/mol. The molecule has 0 aliphatic carbocycles. The minimum absolute atomic E-state index is 0.140. The third kappa shape index (κ3) is 5.63. The zero-order valence-corrected chi connectivity index (χ0v) is 18.2. The van der Waals surface area contributed by atoms with Crippen molar-refractivity contribution >= 4 is 52.1 Å². The molecule has 1 aliphatic rings. The minimum Gasteiger partial charge on any atom is -0.484 e. The lowest BCUT2D eigenvalue weighted by Gasteiger charge is -2.26. The first kappa shape index (κ1) is 21.8. The second-order valence-corrected chi connectivity index (χ2v) is 7.86. The topological polar surface area (TPSA) is 88.7 Å². The van der Waals surface area contributed by atoms with Gasteiger partial charge in [-0.05, 0) is 66.7 Å². The highest BCUT2D eigenvalue weighted by molar-refractivity contribution is 6.31. The molecule has 3 aromatic carbocycles. The Kier molecular flexibility index (Phi) is 6.68. The lowest BCUT2D eigenvalue weighted by atomic mass is 10.2. The van der Waals surface area contributed by atoms with E-state index in [1.165, 1.54) is 0 Å². The maximum Gasteiger partial charge on any atom is 0.267 e. The number of ether oxygens (including phenoxy) is 2. The summed E-state index contributed by atoms with van der Waals surface area (Å²) < 4.78 is 11.2. The third-order valence-corrected chi connectivity index (χ3v) is 5.09. The van der Waals surface area contributed by atoms with Crippen molar-refractivity contribution in [1.29, 1.82) is 0 Å². The molecule has 1 heterocycles. The van der Waals surface area contributed by atoms with Gasteiger partial charge in [0, 0.05) is 21.4 Å².